The van der Waals surface area contributed by atoms with Crippen molar-refractivity contribution in [2.24, 2.45) is 0 Å². The first kappa shape index (κ1) is 14.6. The van der Waals surface area contributed by atoms with Gasteiger partial charge in [0, 0.05) is 10.9 Å². The van der Waals surface area contributed by atoms with Crippen LogP contribution >= 0.6 is 31.9 Å². The third-order valence-corrected chi connectivity index (χ3v) is 4.37. The van der Waals surface area contributed by atoms with Crippen LogP contribution in [0.4, 0.5) is 8.78 Å². The van der Waals surface area contributed by atoms with Gasteiger partial charge >= 0.3 is 0 Å². The van der Waals surface area contributed by atoms with Gasteiger partial charge in [0.1, 0.15) is 11.6 Å². The Balaban J connectivity index is 2.28. The summed E-state index contributed by atoms with van der Waals surface area (Å²) < 4.78 is 27.5. The summed E-state index contributed by atoms with van der Waals surface area (Å²) in [4.78, 5) is 0. The molecule has 1 nitrogen and oxygen atoms in total. The van der Waals surface area contributed by atoms with E-state index in [-0.39, 0.29) is 16.7 Å². The molecule has 100 valence electrons. The van der Waals surface area contributed by atoms with Gasteiger partial charge in [-0.15, -0.1) is 0 Å². The Labute approximate surface area is 126 Å². The summed E-state index contributed by atoms with van der Waals surface area (Å²) in [5.74, 6) is -0.807. The third kappa shape index (κ3) is 3.41. The normalized spacial score (nSPS) is 12.5. The molecule has 1 N–H and O–H groups in total. The Morgan fingerprint density at radius 2 is 1.84 bits per heavy atom. The fourth-order valence-corrected chi connectivity index (χ4v) is 2.73. The summed E-state index contributed by atoms with van der Waals surface area (Å²) >= 11 is 6.41. The Bertz CT molecular complexity index is 602. The number of benzene rings is 2. The van der Waals surface area contributed by atoms with Crippen LogP contribution in [0.2, 0.25) is 0 Å². The molecule has 1 unspecified atom stereocenters. The van der Waals surface area contributed by atoms with Crippen molar-refractivity contribution in [3.05, 3.63) is 68.1 Å². The van der Waals surface area contributed by atoms with E-state index >= 15 is 0 Å². The summed E-state index contributed by atoms with van der Waals surface area (Å²) in [6.07, 6.45) is -0.719. The first-order valence-corrected chi connectivity index (χ1v) is 7.13. The van der Waals surface area contributed by atoms with Gasteiger partial charge in [-0.2, -0.15) is 0 Å². The summed E-state index contributed by atoms with van der Waals surface area (Å²) in [5.41, 5.74) is 1.07. The number of aliphatic hydroxyl groups excluding tert-OH is 1. The van der Waals surface area contributed by atoms with Crippen molar-refractivity contribution in [2.45, 2.75) is 12.5 Å². The molecule has 0 saturated heterocycles. The van der Waals surface area contributed by atoms with Crippen LogP contribution in [0.25, 0.3) is 0 Å². The molecule has 1 atom stereocenters. The number of hydrogen-bond acceptors (Lipinski definition) is 1. The maximum Gasteiger partial charge on any atom is 0.137 e. The van der Waals surface area contributed by atoms with Gasteiger partial charge in [-0.25, -0.2) is 8.78 Å². The highest BCUT2D eigenvalue weighted by Crippen LogP contribution is 2.30. The molecule has 5 heteroatoms. The monoisotopic (exact) mass is 390 g/mol. The predicted molar refractivity (Wildman–Crippen MR) is 76.9 cm³/mol. The van der Waals surface area contributed by atoms with Crippen molar-refractivity contribution in [3.63, 3.8) is 0 Å². The van der Waals surface area contributed by atoms with Crippen molar-refractivity contribution >= 4 is 31.9 Å². The second-order valence-electron chi connectivity index (χ2n) is 4.10. The molecule has 2 rings (SSSR count). The average Bonchev–Trinajstić information content (AvgIpc) is 2.37. The first-order chi connectivity index (χ1) is 8.99. The molecule has 0 saturated carbocycles. The number of rotatable bonds is 3. The molecule has 0 bridgehead atoms. The van der Waals surface area contributed by atoms with Crippen LogP contribution in [-0.2, 0) is 6.42 Å². The van der Waals surface area contributed by atoms with E-state index in [9.17, 15) is 13.9 Å². The van der Waals surface area contributed by atoms with Gasteiger partial charge in [0.25, 0.3) is 0 Å². The molecule has 0 heterocycles. The highest BCUT2D eigenvalue weighted by atomic mass is 79.9. The smallest absolute Gasteiger partial charge is 0.137 e. The molecular formula is C14H10Br2F2O. The van der Waals surface area contributed by atoms with Crippen molar-refractivity contribution in [1.29, 1.82) is 0 Å². The van der Waals surface area contributed by atoms with Crippen LogP contribution < -0.4 is 0 Å². The summed E-state index contributed by atoms with van der Waals surface area (Å²) in [5, 5.41) is 10.2. The van der Waals surface area contributed by atoms with E-state index in [1.54, 1.807) is 12.1 Å². The van der Waals surface area contributed by atoms with E-state index in [1.165, 1.54) is 24.3 Å². The lowest BCUT2D eigenvalue weighted by Gasteiger charge is -2.14. The summed E-state index contributed by atoms with van der Waals surface area (Å²) in [7, 11) is 0. The van der Waals surface area contributed by atoms with Gasteiger partial charge in [-0.1, -0.05) is 28.1 Å². The molecular weight excluding hydrogens is 382 g/mol. The maximum absolute atomic E-state index is 13.4. The minimum Gasteiger partial charge on any atom is -0.388 e. The fraction of sp³-hybridized carbons (Fsp3) is 0.143. The number of halogens is 4. The minimum atomic E-state index is -0.914. The van der Waals surface area contributed by atoms with Crippen LogP contribution in [-0.4, -0.2) is 5.11 Å². The Hall–Kier alpha value is -0.780. The molecule has 2 aromatic rings. The van der Waals surface area contributed by atoms with E-state index in [0.29, 0.717) is 15.6 Å². The zero-order valence-electron chi connectivity index (χ0n) is 9.71. The lowest BCUT2D eigenvalue weighted by atomic mass is 10.0. The zero-order valence-corrected chi connectivity index (χ0v) is 12.9. The molecule has 0 aliphatic carbocycles. The SMILES string of the molecule is OC(Cc1cc(F)ccc1Br)c1cccc(F)c1Br. The lowest BCUT2D eigenvalue weighted by Crippen LogP contribution is -2.04. The first-order valence-electron chi connectivity index (χ1n) is 5.55. The van der Waals surface area contributed by atoms with Gasteiger partial charge < -0.3 is 5.11 Å². The molecule has 0 radical (unpaired) electrons. The van der Waals surface area contributed by atoms with Crippen molar-refractivity contribution in [2.75, 3.05) is 0 Å². The van der Waals surface area contributed by atoms with E-state index in [0.717, 1.165) is 0 Å². The van der Waals surface area contributed by atoms with Crippen LogP contribution in [0.1, 0.15) is 17.2 Å². The average molecular weight is 392 g/mol. The molecule has 0 amide bonds. The minimum absolute atomic E-state index is 0.195. The highest BCUT2D eigenvalue weighted by molar-refractivity contribution is 9.10. The van der Waals surface area contributed by atoms with Crippen molar-refractivity contribution in [1.82, 2.24) is 0 Å². The number of hydrogen-bond donors (Lipinski definition) is 1. The van der Waals surface area contributed by atoms with Crippen LogP contribution in [0.3, 0.4) is 0 Å². The van der Waals surface area contributed by atoms with E-state index in [4.69, 9.17) is 0 Å². The topological polar surface area (TPSA) is 20.2 Å². The maximum atomic E-state index is 13.4. The number of aliphatic hydroxyl groups is 1. The molecule has 0 spiro atoms. The zero-order chi connectivity index (χ0) is 14.0. The van der Waals surface area contributed by atoms with E-state index in [2.05, 4.69) is 31.9 Å². The van der Waals surface area contributed by atoms with Crippen LogP contribution in [0.15, 0.2) is 45.3 Å². The molecule has 2 aromatic carbocycles. The van der Waals surface area contributed by atoms with Gasteiger partial charge in [0.05, 0.1) is 10.6 Å². The Morgan fingerprint density at radius 1 is 1.11 bits per heavy atom. The molecule has 0 fully saturated rings. The van der Waals surface area contributed by atoms with Crippen LogP contribution in [0.5, 0.6) is 0 Å². The highest BCUT2D eigenvalue weighted by Gasteiger charge is 2.16. The quantitative estimate of drug-likeness (QED) is 0.799. The Kier molecular flexibility index (Phi) is 4.71. The summed E-state index contributed by atoms with van der Waals surface area (Å²) in [6.45, 7) is 0. The predicted octanol–water partition coefficient (Wildman–Crippen LogP) is 4.77. The molecule has 19 heavy (non-hydrogen) atoms. The van der Waals surface area contributed by atoms with Gasteiger partial charge in [-0.05, 0) is 51.3 Å². The fourth-order valence-electron chi connectivity index (χ4n) is 1.80. The van der Waals surface area contributed by atoms with Gasteiger partial charge in [0.15, 0.2) is 0 Å². The molecule has 0 aliphatic heterocycles. The standard InChI is InChI=1S/C14H10Br2F2O/c15-11-5-4-9(17)6-8(11)7-13(19)10-2-1-3-12(18)14(10)16/h1-6,13,19H,7H2. The largest absolute Gasteiger partial charge is 0.388 e. The van der Waals surface area contributed by atoms with Gasteiger partial charge in [-0.3, -0.25) is 0 Å². The van der Waals surface area contributed by atoms with E-state index in [1.807, 2.05) is 0 Å². The second kappa shape index (κ2) is 6.11. The van der Waals surface area contributed by atoms with E-state index < -0.39 is 11.9 Å². The third-order valence-electron chi connectivity index (χ3n) is 2.76. The second-order valence-corrected chi connectivity index (χ2v) is 5.75. The Morgan fingerprint density at radius 3 is 2.58 bits per heavy atom. The van der Waals surface area contributed by atoms with Crippen LogP contribution in [0, 0.1) is 11.6 Å². The van der Waals surface area contributed by atoms with Crippen molar-refractivity contribution in [3.8, 4) is 0 Å². The molecule has 0 aliphatic rings. The van der Waals surface area contributed by atoms with Crippen molar-refractivity contribution < 1.29 is 13.9 Å². The lowest BCUT2D eigenvalue weighted by molar-refractivity contribution is 0.177. The molecule has 0 aromatic heterocycles. The van der Waals surface area contributed by atoms with Gasteiger partial charge in [0.2, 0.25) is 0 Å². The summed E-state index contributed by atoms with van der Waals surface area (Å²) in [6, 6.07) is 8.72.